The van der Waals surface area contributed by atoms with Crippen molar-refractivity contribution in [2.45, 2.75) is 72.6 Å². The van der Waals surface area contributed by atoms with Crippen LogP contribution in [0.3, 0.4) is 0 Å². The normalized spacial score (nSPS) is 18.4. The van der Waals surface area contributed by atoms with Gasteiger partial charge >= 0.3 is 0 Å². The van der Waals surface area contributed by atoms with Crippen molar-refractivity contribution in [3.63, 3.8) is 0 Å². The molecule has 0 aromatic carbocycles. The molecule has 0 saturated heterocycles. The first kappa shape index (κ1) is 23.9. The molecule has 0 aliphatic heterocycles. The van der Waals surface area contributed by atoms with Crippen molar-refractivity contribution >= 4 is 11.8 Å². The average molecular weight is 442 g/mol. The Hall–Kier alpha value is -2.77. The van der Waals surface area contributed by atoms with Gasteiger partial charge in [-0.15, -0.1) is 0 Å². The summed E-state index contributed by atoms with van der Waals surface area (Å²) < 4.78 is 5.24. The van der Waals surface area contributed by atoms with E-state index in [1.807, 2.05) is 32.6 Å². The summed E-state index contributed by atoms with van der Waals surface area (Å²) in [7, 11) is 0. The fraction of sp³-hybridized carbons (Fsp3) is 0.625. The first-order chi connectivity index (χ1) is 15.4. The summed E-state index contributed by atoms with van der Waals surface area (Å²) in [5, 5.41) is 6.99. The predicted octanol–water partition coefficient (Wildman–Crippen LogP) is 3.83. The van der Waals surface area contributed by atoms with Gasteiger partial charge in [-0.25, -0.2) is 9.97 Å². The van der Waals surface area contributed by atoms with Crippen molar-refractivity contribution < 1.29 is 14.1 Å². The van der Waals surface area contributed by atoms with Crippen LogP contribution in [0.1, 0.15) is 96.1 Å². The van der Waals surface area contributed by atoms with Crippen LogP contribution >= 0.6 is 0 Å². The molecule has 2 heterocycles. The first-order valence-electron chi connectivity index (χ1n) is 11.8. The molecule has 1 fully saturated rings. The van der Waals surface area contributed by atoms with E-state index in [1.165, 1.54) is 0 Å². The molecule has 0 unspecified atom stereocenters. The molecule has 0 radical (unpaired) electrons. The minimum atomic E-state index is -0.110. The monoisotopic (exact) mass is 441 g/mol. The Labute approximate surface area is 190 Å². The topological polar surface area (TPSA) is 101 Å². The van der Waals surface area contributed by atoms with Crippen molar-refractivity contribution in [1.29, 1.82) is 0 Å². The van der Waals surface area contributed by atoms with Crippen LogP contribution in [0.5, 0.6) is 0 Å². The molecule has 0 bridgehead atoms. The lowest BCUT2D eigenvalue weighted by Gasteiger charge is -2.30. The maximum Gasteiger partial charge on any atom is 0.257 e. The van der Waals surface area contributed by atoms with Crippen molar-refractivity contribution in [1.82, 2.24) is 25.3 Å². The molecule has 0 atom stereocenters. The molecule has 1 aliphatic rings. The summed E-state index contributed by atoms with van der Waals surface area (Å²) in [6.07, 6.45) is 6.19. The molecule has 174 valence electrons. The summed E-state index contributed by atoms with van der Waals surface area (Å²) >= 11 is 0. The van der Waals surface area contributed by atoms with Crippen LogP contribution in [0.25, 0.3) is 0 Å². The Morgan fingerprint density at radius 1 is 1.12 bits per heavy atom. The van der Waals surface area contributed by atoms with Crippen molar-refractivity contribution in [2.75, 3.05) is 19.6 Å². The fourth-order valence-electron chi connectivity index (χ4n) is 4.56. The van der Waals surface area contributed by atoms with Crippen LogP contribution < -0.4 is 5.32 Å². The zero-order valence-electron chi connectivity index (χ0n) is 19.9. The quantitative estimate of drug-likeness (QED) is 0.668. The van der Waals surface area contributed by atoms with Gasteiger partial charge in [0.1, 0.15) is 17.1 Å². The van der Waals surface area contributed by atoms with Gasteiger partial charge in [-0.2, -0.15) is 0 Å². The first-order valence-corrected chi connectivity index (χ1v) is 11.8. The molecule has 0 spiro atoms. The minimum Gasteiger partial charge on any atom is -0.360 e. The molecule has 2 aromatic rings. The van der Waals surface area contributed by atoms with E-state index in [0.717, 1.165) is 31.4 Å². The largest absolute Gasteiger partial charge is 0.360 e. The summed E-state index contributed by atoms with van der Waals surface area (Å²) in [6.45, 7) is 11.6. The maximum absolute atomic E-state index is 13.0. The van der Waals surface area contributed by atoms with Crippen LogP contribution in [0, 0.1) is 19.8 Å². The highest BCUT2D eigenvalue weighted by Gasteiger charge is 2.29. The molecule has 1 saturated carbocycles. The third kappa shape index (κ3) is 5.16. The maximum atomic E-state index is 13.0. The van der Waals surface area contributed by atoms with E-state index in [-0.39, 0.29) is 17.7 Å². The predicted molar refractivity (Wildman–Crippen MR) is 122 cm³/mol. The Kier molecular flexibility index (Phi) is 7.99. The number of nitrogens with one attached hydrogen (secondary N) is 1. The number of hydrogen-bond acceptors (Lipinski definition) is 6. The molecule has 2 amide bonds. The van der Waals surface area contributed by atoms with Crippen LogP contribution in [0.15, 0.2) is 10.7 Å². The van der Waals surface area contributed by atoms with Crippen molar-refractivity contribution in [2.24, 2.45) is 5.92 Å². The van der Waals surface area contributed by atoms with E-state index < -0.39 is 0 Å². The zero-order valence-corrected chi connectivity index (χ0v) is 19.9. The van der Waals surface area contributed by atoms with Crippen LogP contribution in [0.2, 0.25) is 0 Å². The van der Waals surface area contributed by atoms with Crippen molar-refractivity contribution in [3.05, 3.63) is 40.3 Å². The Morgan fingerprint density at radius 2 is 1.81 bits per heavy atom. The van der Waals surface area contributed by atoms with Crippen LogP contribution in [-0.2, 0) is 6.42 Å². The smallest absolute Gasteiger partial charge is 0.257 e. The molecule has 1 N–H and O–H groups in total. The summed E-state index contributed by atoms with van der Waals surface area (Å²) in [6, 6.07) is 0. The van der Waals surface area contributed by atoms with Gasteiger partial charge in [0.05, 0.1) is 17.0 Å². The molecule has 8 heteroatoms. The van der Waals surface area contributed by atoms with Gasteiger partial charge in [0.25, 0.3) is 11.8 Å². The van der Waals surface area contributed by atoms with Crippen LogP contribution in [0.4, 0.5) is 0 Å². The van der Waals surface area contributed by atoms with Gasteiger partial charge < -0.3 is 14.7 Å². The molecular formula is C24H35N5O3. The van der Waals surface area contributed by atoms with E-state index in [0.29, 0.717) is 60.4 Å². The number of carbonyl (C=O) groups excluding carboxylic acids is 2. The van der Waals surface area contributed by atoms with Gasteiger partial charge in [0.15, 0.2) is 0 Å². The number of rotatable bonds is 8. The van der Waals surface area contributed by atoms with E-state index in [2.05, 4.69) is 20.4 Å². The van der Waals surface area contributed by atoms with Crippen LogP contribution in [-0.4, -0.2) is 51.5 Å². The third-order valence-corrected chi connectivity index (χ3v) is 6.49. The minimum absolute atomic E-state index is 0.00945. The Morgan fingerprint density at radius 3 is 2.44 bits per heavy atom. The van der Waals surface area contributed by atoms with E-state index in [4.69, 9.17) is 4.52 Å². The lowest BCUT2D eigenvalue weighted by Crippen LogP contribution is -2.33. The third-order valence-electron chi connectivity index (χ3n) is 6.49. The summed E-state index contributed by atoms with van der Waals surface area (Å²) in [5.74, 6) is 1.88. The molecule has 32 heavy (non-hydrogen) atoms. The van der Waals surface area contributed by atoms with Gasteiger partial charge in [-0.1, -0.05) is 12.1 Å². The van der Waals surface area contributed by atoms with Gasteiger partial charge in [-0.3, -0.25) is 9.59 Å². The number of aryl methyl sites for hydroxylation is 3. The number of hydrogen-bond donors (Lipinski definition) is 1. The second-order valence-corrected chi connectivity index (χ2v) is 8.54. The van der Waals surface area contributed by atoms with Gasteiger partial charge in [0.2, 0.25) is 0 Å². The lowest BCUT2D eigenvalue weighted by atomic mass is 9.79. The summed E-state index contributed by atoms with van der Waals surface area (Å²) in [4.78, 5) is 36.4. The second kappa shape index (κ2) is 10.7. The highest BCUT2D eigenvalue weighted by atomic mass is 16.5. The molecule has 2 aromatic heterocycles. The van der Waals surface area contributed by atoms with E-state index in [9.17, 15) is 9.59 Å². The van der Waals surface area contributed by atoms with E-state index >= 15 is 0 Å². The number of amides is 2. The zero-order chi connectivity index (χ0) is 23.3. The average Bonchev–Trinajstić information content (AvgIpc) is 3.19. The fourth-order valence-corrected chi connectivity index (χ4v) is 4.56. The number of nitrogens with zero attached hydrogens (tertiary/aromatic N) is 4. The molecule has 3 rings (SSSR count). The molecular weight excluding hydrogens is 406 g/mol. The standard InChI is InChI=1S/C24H35N5O3/c1-6-20-21(15(4)28-32-20)23(30)26-13-17-9-11-18(12-10-17)22-19(14-25-16(5)27-22)24(31)29(7-2)8-3/h14,17-18H,6-13H2,1-5H3,(H,26,30). The SMILES string of the molecule is CCc1onc(C)c1C(=O)NCC1CCC(c2nc(C)ncc2C(=O)N(CC)CC)CC1. The van der Waals surface area contributed by atoms with E-state index in [1.54, 1.807) is 13.1 Å². The van der Waals surface area contributed by atoms with Gasteiger partial charge in [0, 0.05) is 38.2 Å². The highest BCUT2D eigenvalue weighted by molar-refractivity contribution is 5.96. The van der Waals surface area contributed by atoms with Gasteiger partial charge in [-0.05, 0) is 59.3 Å². The highest BCUT2D eigenvalue weighted by Crippen LogP contribution is 2.36. The van der Waals surface area contributed by atoms with Crippen molar-refractivity contribution in [3.8, 4) is 0 Å². The Bertz CT molecular complexity index is 943. The lowest BCUT2D eigenvalue weighted by molar-refractivity contribution is 0.0769. The second-order valence-electron chi connectivity index (χ2n) is 8.54. The molecule has 1 aliphatic carbocycles. The molecule has 8 nitrogen and oxygen atoms in total. The number of aromatic nitrogens is 3. The Balaban J connectivity index is 1.62. The summed E-state index contributed by atoms with van der Waals surface area (Å²) in [5.41, 5.74) is 2.71. The number of carbonyl (C=O) groups is 2.